The molecule has 1 aliphatic rings. The Labute approximate surface area is 124 Å². The molecule has 0 aliphatic heterocycles. The van der Waals surface area contributed by atoms with E-state index in [4.69, 9.17) is 17.0 Å². The van der Waals surface area contributed by atoms with Crippen molar-refractivity contribution in [3.63, 3.8) is 0 Å². The van der Waals surface area contributed by atoms with Gasteiger partial charge in [-0.3, -0.25) is 0 Å². The van der Waals surface area contributed by atoms with Gasteiger partial charge in [0.1, 0.15) is 11.4 Å². The molecule has 0 aromatic carbocycles. The van der Waals surface area contributed by atoms with Crippen LogP contribution in [0.3, 0.4) is 0 Å². The Morgan fingerprint density at radius 2 is 2.15 bits per heavy atom. The first-order valence-corrected chi connectivity index (χ1v) is 7.22. The van der Waals surface area contributed by atoms with E-state index in [1.54, 1.807) is 18.3 Å². The lowest BCUT2D eigenvalue weighted by molar-refractivity contribution is 0.0601. The first-order chi connectivity index (χ1) is 9.70. The number of hydrogen-bond donors (Lipinski definition) is 2. The number of pyridine rings is 1. The molecule has 0 spiro atoms. The molecule has 6 heteroatoms. The molecule has 2 rings (SSSR count). The molecule has 1 aliphatic carbocycles. The normalized spacial score (nSPS) is 15.4. The number of carbonyl (C=O) groups excluding carboxylic acids is 1. The van der Waals surface area contributed by atoms with Crippen LogP contribution in [0, 0.1) is 0 Å². The summed E-state index contributed by atoms with van der Waals surface area (Å²) in [7, 11) is 1.34. The number of aromatic nitrogens is 1. The smallest absolute Gasteiger partial charge is 0.341 e. The Morgan fingerprint density at radius 3 is 2.85 bits per heavy atom. The van der Waals surface area contributed by atoms with Gasteiger partial charge in [-0.15, -0.1) is 0 Å². The molecule has 0 radical (unpaired) electrons. The molecule has 5 nitrogen and oxygen atoms in total. The van der Waals surface area contributed by atoms with Crippen molar-refractivity contribution in [2.45, 2.75) is 38.1 Å². The highest BCUT2D eigenvalue weighted by atomic mass is 32.1. The van der Waals surface area contributed by atoms with Gasteiger partial charge in [0.25, 0.3) is 0 Å². The second kappa shape index (κ2) is 7.19. The molecule has 1 aromatic rings. The van der Waals surface area contributed by atoms with E-state index in [2.05, 4.69) is 15.6 Å². The number of methoxy groups -OCH3 is 1. The average molecular weight is 293 g/mol. The third kappa shape index (κ3) is 3.90. The Morgan fingerprint density at radius 1 is 1.40 bits per heavy atom. The molecular formula is C14H19N3O2S. The van der Waals surface area contributed by atoms with Gasteiger partial charge < -0.3 is 15.4 Å². The van der Waals surface area contributed by atoms with Gasteiger partial charge in [0.05, 0.1) is 7.11 Å². The number of esters is 1. The molecule has 0 saturated heterocycles. The fourth-order valence-electron chi connectivity index (χ4n) is 2.36. The van der Waals surface area contributed by atoms with Crippen LogP contribution < -0.4 is 10.6 Å². The summed E-state index contributed by atoms with van der Waals surface area (Å²) >= 11 is 5.28. The Hall–Kier alpha value is -1.69. The highest BCUT2D eigenvalue weighted by molar-refractivity contribution is 7.80. The minimum absolute atomic E-state index is 0.378. The van der Waals surface area contributed by atoms with Gasteiger partial charge in [-0.25, -0.2) is 9.78 Å². The fraction of sp³-hybridized carbons (Fsp3) is 0.500. The molecule has 108 valence electrons. The maximum Gasteiger partial charge on any atom is 0.341 e. The SMILES string of the molecule is COC(=O)c1cccnc1NC(=S)NC1CCCCC1. The predicted octanol–water partition coefficient (Wildman–Crippen LogP) is 2.49. The minimum atomic E-state index is -0.430. The lowest BCUT2D eigenvalue weighted by Crippen LogP contribution is -2.39. The fourth-order valence-corrected chi connectivity index (χ4v) is 2.62. The quantitative estimate of drug-likeness (QED) is 0.659. The van der Waals surface area contributed by atoms with E-state index >= 15 is 0 Å². The van der Waals surface area contributed by atoms with E-state index in [0.717, 1.165) is 12.8 Å². The van der Waals surface area contributed by atoms with Crippen molar-refractivity contribution in [2.75, 3.05) is 12.4 Å². The molecule has 20 heavy (non-hydrogen) atoms. The molecule has 0 unspecified atom stereocenters. The molecule has 2 N–H and O–H groups in total. The molecule has 0 bridgehead atoms. The van der Waals surface area contributed by atoms with Crippen LogP contribution in [0.15, 0.2) is 18.3 Å². The van der Waals surface area contributed by atoms with E-state index < -0.39 is 5.97 Å². The average Bonchev–Trinajstić information content (AvgIpc) is 2.48. The lowest BCUT2D eigenvalue weighted by Gasteiger charge is -2.24. The van der Waals surface area contributed by atoms with E-state index in [9.17, 15) is 4.79 Å². The molecular weight excluding hydrogens is 274 g/mol. The number of carbonyl (C=O) groups is 1. The highest BCUT2D eigenvalue weighted by Gasteiger charge is 2.16. The van der Waals surface area contributed by atoms with E-state index in [1.807, 2.05) is 0 Å². The number of nitrogens with one attached hydrogen (secondary N) is 2. The number of ether oxygens (including phenoxy) is 1. The maximum atomic E-state index is 11.6. The van der Waals surface area contributed by atoms with Gasteiger partial charge >= 0.3 is 5.97 Å². The van der Waals surface area contributed by atoms with Crippen molar-refractivity contribution in [3.8, 4) is 0 Å². The van der Waals surface area contributed by atoms with E-state index in [-0.39, 0.29) is 0 Å². The third-order valence-corrected chi connectivity index (χ3v) is 3.61. The summed E-state index contributed by atoms with van der Waals surface area (Å²) in [6, 6.07) is 3.76. The standard InChI is InChI=1S/C14H19N3O2S/c1-19-13(18)11-8-5-9-15-12(11)17-14(20)16-10-6-3-2-4-7-10/h5,8-10H,2-4,6-7H2,1H3,(H2,15,16,17,20). The second-order valence-electron chi connectivity index (χ2n) is 4.82. The molecule has 1 saturated carbocycles. The first-order valence-electron chi connectivity index (χ1n) is 6.81. The van der Waals surface area contributed by atoms with Crippen LogP contribution in [0.1, 0.15) is 42.5 Å². The third-order valence-electron chi connectivity index (χ3n) is 3.39. The highest BCUT2D eigenvalue weighted by Crippen LogP contribution is 2.18. The van der Waals surface area contributed by atoms with Crippen molar-refractivity contribution >= 4 is 29.1 Å². The van der Waals surface area contributed by atoms with Crippen LogP contribution in [-0.2, 0) is 4.74 Å². The summed E-state index contributed by atoms with van der Waals surface area (Å²) in [4.78, 5) is 15.8. The van der Waals surface area contributed by atoms with Crippen molar-refractivity contribution in [1.82, 2.24) is 10.3 Å². The summed E-state index contributed by atoms with van der Waals surface area (Å²) in [6.07, 6.45) is 7.64. The zero-order valence-electron chi connectivity index (χ0n) is 11.5. The zero-order chi connectivity index (χ0) is 14.4. The van der Waals surface area contributed by atoms with Crippen LogP contribution in [0.4, 0.5) is 5.82 Å². The number of rotatable bonds is 3. The van der Waals surface area contributed by atoms with Gasteiger partial charge in [0.2, 0.25) is 0 Å². The summed E-state index contributed by atoms with van der Waals surface area (Å²) in [5.74, 6) is -0.00581. The molecule has 0 amide bonds. The van der Waals surface area contributed by atoms with Crippen LogP contribution >= 0.6 is 12.2 Å². The van der Waals surface area contributed by atoms with Gasteiger partial charge in [0, 0.05) is 12.2 Å². The molecule has 0 atom stereocenters. The van der Waals surface area contributed by atoms with Crippen molar-refractivity contribution in [2.24, 2.45) is 0 Å². The second-order valence-corrected chi connectivity index (χ2v) is 5.23. The van der Waals surface area contributed by atoms with Gasteiger partial charge in [-0.2, -0.15) is 0 Å². The number of hydrogen-bond acceptors (Lipinski definition) is 4. The maximum absolute atomic E-state index is 11.6. The van der Waals surface area contributed by atoms with Crippen molar-refractivity contribution in [1.29, 1.82) is 0 Å². The van der Waals surface area contributed by atoms with Crippen LogP contribution in [0.25, 0.3) is 0 Å². The number of thiocarbonyl (C=S) groups is 1. The molecule has 1 heterocycles. The number of nitrogens with zero attached hydrogens (tertiary/aromatic N) is 1. The van der Waals surface area contributed by atoms with Crippen LogP contribution in [-0.4, -0.2) is 29.2 Å². The van der Waals surface area contributed by atoms with Gasteiger partial charge in [0.15, 0.2) is 5.11 Å². The summed E-state index contributed by atoms with van der Waals surface area (Å²) in [5, 5.41) is 6.76. The molecule has 1 aromatic heterocycles. The van der Waals surface area contributed by atoms with E-state index in [0.29, 0.717) is 22.5 Å². The first kappa shape index (κ1) is 14.7. The summed E-state index contributed by atoms with van der Waals surface area (Å²) < 4.78 is 4.73. The minimum Gasteiger partial charge on any atom is -0.465 e. The lowest BCUT2D eigenvalue weighted by atomic mass is 9.96. The Bertz CT molecular complexity index is 487. The largest absolute Gasteiger partial charge is 0.465 e. The van der Waals surface area contributed by atoms with Gasteiger partial charge in [-0.05, 0) is 37.2 Å². The Kier molecular flexibility index (Phi) is 5.29. The van der Waals surface area contributed by atoms with Gasteiger partial charge in [-0.1, -0.05) is 19.3 Å². The van der Waals surface area contributed by atoms with Crippen molar-refractivity contribution in [3.05, 3.63) is 23.9 Å². The summed E-state index contributed by atoms with van der Waals surface area (Å²) in [5.41, 5.74) is 0.378. The predicted molar refractivity (Wildman–Crippen MR) is 81.8 cm³/mol. The topological polar surface area (TPSA) is 63.2 Å². The van der Waals surface area contributed by atoms with E-state index in [1.165, 1.54) is 26.4 Å². The zero-order valence-corrected chi connectivity index (χ0v) is 12.3. The number of anilines is 1. The monoisotopic (exact) mass is 293 g/mol. The summed E-state index contributed by atoms with van der Waals surface area (Å²) in [6.45, 7) is 0. The van der Waals surface area contributed by atoms with Crippen LogP contribution in [0.5, 0.6) is 0 Å². The van der Waals surface area contributed by atoms with Crippen molar-refractivity contribution < 1.29 is 9.53 Å². The molecule has 1 fully saturated rings. The Balaban J connectivity index is 1.98. The van der Waals surface area contributed by atoms with Crippen LogP contribution in [0.2, 0.25) is 0 Å².